The Morgan fingerprint density at radius 3 is 2.53 bits per heavy atom. The van der Waals surface area contributed by atoms with Crippen LogP contribution < -0.4 is 4.90 Å². The number of piperidine rings is 1. The van der Waals surface area contributed by atoms with Gasteiger partial charge in [0.2, 0.25) is 11.8 Å². The first-order chi connectivity index (χ1) is 15.5. The fourth-order valence-electron chi connectivity index (χ4n) is 5.61. The zero-order valence-corrected chi connectivity index (χ0v) is 19.0. The number of benzene rings is 2. The molecule has 0 radical (unpaired) electrons. The third-order valence-electron chi connectivity index (χ3n) is 7.44. The smallest absolute Gasteiger partial charge is 0.245 e. The summed E-state index contributed by atoms with van der Waals surface area (Å²) in [6.45, 7) is 2.72. The van der Waals surface area contributed by atoms with Gasteiger partial charge in [-0.1, -0.05) is 54.6 Å². The average Bonchev–Trinajstić information content (AvgIpc) is 3.37. The summed E-state index contributed by atoms with van der Waals surface area (Å²) in [5.41, 5.74) is 4.93. The number of carbonyl (C=O) groups is 2. The van der Waals surface area contributed by atoms with Gasteiger partial charge in [-0.15, -0.1) is 0 Å². The molecule has 1 fully saturated rings. The highest BCUT2D eigenvalue weighted by molar-refractivity contribution is 6.03. The van der Waals surface area contributed by atoms with Crippen LogP contribution >= 0.6 is 0 Å². The van der Waals surface area contributed by atoms with Crippen molar-refractivity contribution in [3.63, 3.8) is 0 Å². The molecule has 5 rings (SSSR count). The summed E-state index contributed by atoms with van der Waals surface area (Å²) in [6, 6.07) is 16.2. The first-order valence-corrected chi connectivity index (χ1v) is 11.6. The summed E-state index contributed by atoms with van der Waals surface area (Å²) in [5, 5.41) is 0. The van der Waals surface area contributed by atoms with Crippen molar-refractivity contribution < 1.29 is 9.59 Å². The quantitative estimate of drug-likeness (QED) is 0.747. The van der Waals surface area contributed by atoms with E-state index in [4.69, 9.17) is 0 Å². The van der Waals surface area contributed by atoms with Gasteiger partial charge in [-0.05, 0) is 48.7 Å². The van der Waals surface area contributed by atoms with E-state index in [2.05, 4.69) is 41.3 Å². The second-order valence-corrected chi connectivity index (χ2v) is 9.51. The first kappa shape index (κ1) is 21.0. The van der Waals surface area contributed by atoms with Gasteiger partial charge >= 0.3 is 0 Å². The maximum absolute atomic E-state index is 13.3. The second-order valence-electron chi connectivity index (χ2n) is 9.51. The van der Waals surface area contributed by atoms with Crippen molar-refractivity contribution in [1.82, 2.24) is 9.80 Å². The molecule has 1 atom stereocenters. The standard InChI is InChI=1S/C27H31N3O2/c1-28(2)26(32)24-19-21-8-4-6-10-23(21)30(24)25(31)12-16-29-17-14-27(15-18-29)13-11-20-7-3-5-9-22(20)27/h3-11,13,24H,12,14-19H2,1-2H3/t24-/m0/s1. The molecule has 1 saturated heterocycles. The summed E-state index contributed by atoms with van der Waals surface area (Å²) < 4.78 is 0. The highest BCUT2D eigenvalue weighted by Gasteiger charge is 2.40. The third kappa shape index (κ3) is 3.55. The van der Waals surface area contributed by atoms with Crippen molar-refractivity contribution in [2.24, 2.45) is 0 Å². The number of anilines is 1. The number of fused-ring (bicyclic) bond motifs is 3. The summed E-state index contributed by atoms with van der Waals surface area (Å²) in [7, 11) is 3.51. The lowest BCUT2D eigenvalue weighted by molar-refractivity contribution is -0.132. The minimum Gasteiger partial charge on any atom is -0.347 e. The fourth-order valence-corrected chi connectivity index (χ4v) is 5.61. The molecule has 0 aromatic heterocycles. The van der Waals surface area contributed by atoms with Gasteiger partial charge in [0.15, 0.2) is 0 Å². The number of rotatable bonds is 4. The Morgan fingerprint density at radius 1 is 1.03 bits per heavy atom. The van der Waals surface area contributed by atoms with Gasteiger partial charge in [0, 0.05) is 44.6 Å². The maximum atomic E-state index is 13.3. The Labute approximate surface area is 190 Å². The summed E-state index contributed by atoms with van der Waals surface area (Å²) in [6.07, 6.45) is 7.86. The number of likely N-dealkylation sites (tertiary alicyclic amines) is 1. The zero-order valence-electron chi connectivity index (χ0n) is 19.0. The van der Waals surface area contributed by atoms with Crippen LogP contribution in [-0.4, -0.2) is 61.4 Å². The van der Waals surface area contributed by atoms with Crippen LogP contribution in [0, 0.1) is 0 Å². The number of carbonyl (C=O) groups excluding carboxylic acids is 2. The normalized spacial score (nSPS) is 20.9. The van der Waals surface area contributed by atoms with Crippen molar-refractivity contribution in [2.45, 2.75) is 37.1 Å². The molecular formula is C27H31N3O2. The van der Waals surface area contributed by atoms with Crippen molar-refractivity contribution in [3.8, 4) is 0 Å². The van der Waals surface area contributed by atoms with E-state index < -0.39 is 6.04 Å². The van der Waals surface area contributed by atoms with Crippen LogP contribution in [0.5, 0.6) is 0 Å². The van der Waals surface area contributed by atoms with E-state index in [0.29, 0.717) is 12.8 Å². The van der Waals surface area contributed by atoms with Crippen LogP contribution in [0.1, 0.15) is 36.0 Å². The van der Waals surface area contributed by atoms with Gasteiger partial charge in [0.1, 0.15) is 6.04 Å². The van der Waals surface area contributed by atoms with Crippen LogP contribution in [0.3, 0.4) is 0 Å². The molecule has 0 unspecified atom stereocenters. The van der Waals surface area contributed by atoms with E-state index >= 15 is 0 Å². The molecule has 2 amide bonds. The average molecular weight is 430 g/mol. The van der Waals surface area contributed by atoms with E-state index in [0.717, 1.165) is 43.7 Å². The highest BCUT2D eigenvalue weighted by Crippen LogP contribution is 2.43. The molecule has 2 heterocycles. The summed E-state index contributed by atoms with van der Waals surface area (Å²) in [4.78, 5) is 31.9. The highest BCUT2D eigenvalue weighted by atomic mass is 16.2. The first-order valence-electron chi connectivity index (χ1n) is 11.6. The number of hydrogen-bond acceptors (Lipinski definition) is 3. The molecule has 2 aliphatic heterocycles. The topological polar surface area (TPSA) is 43.9 Å². The Morgan fingerprint density at radius 2 is 1.75 bits per heavy atom. The second kappa shape index (κ2) is 8.21. The number of nitrogens with zero attached hydrogens (tertiary/aromatic N) is 3. The Bertz CT molecular complexity index is 1070. The molecular weight excluding hydrogens is 398 g/mol. The van der Waals surface area contributed by atoms with Crippen LogP contribution in [0.4, 0.5) is 5.69 Å². The molecule has 2 aromatic rings. The number of amides is 2. The van der Waals surface area contributed by atoms with E-state index in [1.807, 2.05) is 24.3 Å². The Hall–Kier alpha value is -2.92. The lowest BCUT2D eigenvalue weighted by Gasteiger charge is -2.39. The van der Waals surface area contributed by atoms with Gasteiger partial charge in [-0.25, -0.2) is 0 Å². The van der Waals surface area contributed by atoms with Gasteiger partial charge in [0.25, 0.3) is 0 Å². The number of hydrogen-bond donors (Lipinski definition) is 0. The van der Waals surface area contributed by atoms with Gasteiger partial charge in [0.05, 0.1) is 0 Å². The molecule has 3 aliphatic rings. The van der Waals surface area contributed by atoms with Crippen molar-refractivity contribution >= 4 is 23.6 Å². The Kier molecular flexibility index (Phi) is 5.38. The molecule has 0 saturated carbocycles. The third-order valence-corrected chi connectivity index (χ3v) is 7.44. The van der Waals surface area contributed by atoms with Crippen LogP contribution in [-0.2, 0) is 21.4 Å². The molecule has 32 heavy (non-hydrogen) atoms. The van der Waals surface area contributed by atoms with Gasteiger partial charge in [-0.3, -0.25) is 14.5 Å². The molecule has 166 valence electrons. The van der Waals surface area contributed by atoms with Gasteiger partial charge < -0.3 is 9.80 Å². The summed E-state index contributed by atoms with van der Waals surface area (Å²) >= 11 is 0. The van der Waals surface area contributed by atoms with E-state index in [9.17, 15) is 9.59 Å². The largest absolute Gasteiger partial charge is 0.347 e. The SMILES string of the molecule is CN(C)C(=O)[C@@H]1Cc2ccccc2N1C(=O)CCN1CCC2(C=Cc3ccccc32)CC1. The Balaban J connectivity index is 1.23. The van der Waals surface area contributed by atoms with E-state index in [1.165, 1.54) is 11.1 Å². The van der Waals surface area contributed by atoms with Crippen LogP contribution in [0.15, 0.2) is 54.6 Å². The lowest BCUT2D eigenvalue weighted by Crippen LogP contribution is -2.48. The minimum atomic E-state index is -0.431. The molecule has 1 aliphatic carbocycles. The molecule has 1 spiro atoms. The fraction of sp³-hybridized carbons (Fsp3) is 0.407. The van der Waals surface area contributed by atoms with Crippen LogP contribution in [0.25, 0.3) is 6.08 Å². The van der Waals surface area contributed by atoms with Crippen molar-refractivity contribution in [3.05, 3.63) is 71.3 Å². The maximum Gasteiger partial charge on any atom is 0.245 e. The number of allylic oxidation sites excluding steroid dienone is 1. The predicted octanol–water partition coefficient (Wildman–Crippen LogP) is 3.48. The molecule has 0 N–H and O–H groups in total. The van der Waals surface area contributed by atoms with E-state index in [-0.39, 0.29) is 17.2 Å². The lowest BCUT2D eigenvalue weighted by atomic mass is 9.74. The molecule has 5 heteroatoms. The molecule has 2 aromatic carbocycles. The van der Waals surface area contributed by atoms with E-state index in [1.54, 1.807) is 23.9 Å². The number of para-hydroxylation sites is 1. The monoisotopic (exact) mass is 429 g/mol. The number of likely N-dealkylation sites (N-methyl/N-ethyl adjacent to an activating group) is 1. The predicted molar refractivity (Wildman–Crippen MR) is 128 cm³/mol. The van der Waals surface area contributed by atoms with Crippen LogP contribution in [0.2, 0.25) is 0 Å². The van der Waals surface area contributed by atoms with Crippen molar-refractivity contribution in [1.29, 1.82) is 0 Å². The molecule has 0 bridgehead atoms. The summed E-state index contributed by atoms with van der Waals surface area (Å²) in [5.74, 6) is 0.0303. The molecule has 5 nitrogen and oxygen atoms in total. The van der Waals surface area contributed by atoms with Crippen molar-refractivity contribution in [2.75, 3.05) is 38.6 Å². The minimum absolute atomic E-state index is 0.0128. The zero-order chi connectivity index (χ0) is 22.3. The van der Waals surface area contributed by atoms with Gasteiger partial charge in [-0.2, -0.15) is 0 Å².